The molecule has 2 rings (SSSR count). The quantitative estimate of drug-likeness (QED) is 0.921. The van der Waals surface area contributed by atoms with E-state index >= 15 is 0 Å². The summed E-state index contributed by atoms with van der Waals surface area (Å²) in [4.78, 5) is 13.9. The number of carbonyl (C=O) groups excluding carboxylic acids is 1. The molecule has 5 nitrogen and oxygen atoms in total. The molecule has 0 radical (unpaired) electrons. The Morgan fingerprint density at radius 3 is 2.68 bits per heavy atom. The molecule has 0 fully saturated rings. The highest BCUT2D eigenvalue weighted by Crippen LogP contribution is 2.26. The van der Waals surface area contributed by atoms with Crippen molar-refractivity contribution in [3.05, 3.63) is 41.3 Å². The molecule has 0 aliphatic rings. The number of benzene rings is 1. The van der Waals surface area contributed by atoms with E-state index in [1.807, 2.05) is 13.8 Å². The minimum atomic E-state index is -0.243. The first-order valence-electron chi connectivity index (χ1n) is 6.07. The topological polar surface area (TPSA) is 66.6 Å². The van der Waals surface area contributed by atoms with Gasteiger partial charge in [-0.15, -0.1) is 0 Å². The van der Waals surface area contributed by atoms with Gasteiger partial charge in [0.1, 0.15) is 11.5 Å². The number of amides is 1. The highest BCUT2D eigenvalue weighted by molar-refractivity contribution is 6.05. The van der Waals surface area contributed by atoms with E-state index in [1.54, 1.807) is 36.1 Å². The number of hydrogen-bond acceptors (Lipinski definition) is 4. The summed E-state index contributed by atoms with van der Waals surface area (Å²) in [6.07, 6.45) is 0. The maximum absolute atomic E-state index is 12.4. The summed E-state index contributed by atoms with van der Waals surface area (Å²) in [5.41, 5.74) is 1.85. The maximum atomic E-state index is 12.4. The second-order valence-corrected chi connectivity index (χ2v) is 4.34. The zero-order valence-electron chi connectivity index (χ0n) is 11.2. The van der Waals surface area contributed by atoms with E-state index in [2.05, 4.69) is 5.16 Å². The third-order valence-electron chi connectivity index (χ3n) is 2.89. The standard InChI is InChI=1S/C14H16N2O3/c1-4-16(13-8-11(17)6-5-9(13)2)14(18)12-7-10(3)19-15-12/h5-8,17H,4H2,1-3H3. The van der Waals surface area contributed by atoms with Gasteiger partial charge in [0.15, 0.2) is 5.69 Å². The van der Waals surface area contributed by atoms with Gasteiger partial charge < -0.3 is 14.5 Å². The van der Waals surface area contributed by atoms with Crippen LogP contribution in [0.2, 0.25) is 0 Å². The van der Waals surface area contributed by atoms with Crippen LogP contribution in [0.25, 0.3) is 0 Å². The molecule has 1 aromatic heterocycles. The van der Waals surface area contributed by atoms with Crippen molar-refractivity contribution in [1.82, 2.24) is 5.16 Å². The van der Waals surface area contributed by atoms with Crippen molar-refractivity contribution < 1.29 is 14.4 Å². The van der Waals surface area contributed by atoms with E-state index in [0.717, 1.165) is 5.56 Å². The van der Waals surface area contributed by atoms with E-state index in [4.69, 9.17) is 4.52 Å². The van der Waals surface area contributed by atoms with Crippen LogP contribution >= 0.6 is 0 Å². The first-order valence-corrected chi connectivity index (χ1v) is 6.07. The number of nitrogens with zero attached hydrogens (tertiary/aromatic N) is 2. The second-order valence-electron chi connectivity index (χ2n) is 4.34. The Hall–Kier alpha value is -2.30. The van der Waals surface area contributed by atoms with Crippen molar-refractivity contribution in [1.29, 1.82) is 0 Å². The van der Waals surface area contributed by atoms with Crippen LogP contribution in [0.3, 0.4) is 0 Å². The SMILES string of the molecule is CCN(C(=O)c1cc(C)on1)c1cc(O)ccc1C. The molecule has 0 bridgehead atoms. The molecule has 1 aromatic carbocycles. The third kappa shape index (κ3) is 2.59. The number of hydrogen-bond donors (Lipinski definition) is 1. The van der Waals surface area contributed by atoms with Crippen LogP contribution in [-0.2, 0) is 0 Å². The highest BCUT2D eigenvalue weighted by atomic mass is 16.5. The molecular weight excluding hydrogens is 244 g/mol. The minimum absolute atomic E-state index is 0.128. The molecular formula is C14H16N2O3. The number of aromatic nitrogens is 1. The van der Waals surface area contributed by atoms with Gasteiger partial charge in [0, 0.05) is 18.7 Å². The van der Waals surface area contributed by atoms with Gasteiger partial charge in [0.2, 0.25) is 0 Å². The average molecular weight is 260 g/mol. The Bertz CT molecular complexity index is 604. The van der Waals surface area contributed by atoms with Gasteiger partial charge in [-0.3, -0.25) is 4.79 Å². The second kappa shape index (κ2) is 5.14. The number of phenolic OH excluding ortho intramolecular Hbond substituents is 1. The van der Waals surface area contributed by atoms with E-state index in [-0.39, 0.29) is 17.4 Å². The summed E-state index contributed by atoms with van der Waals surface area (Å²) >= 11 is 0. The molecule has 0 saturated heterocycles. The van der Waals surface area contributed by atoms with Gasteiger partial charge in [0.25, 0.3) is 5.91 Å². The lowest BCUT2D eigenvalue weighted by Crippen LogP contribution is -2.31. The molecule has 1 amide bonds. The van der Waals surface area contributed by atoms with Crippen LogP contribution in [0.15, 0.2) is 28.8 Å². The maximum Gasteiger partial charge on any atom is 0.280 e. The molecule has 2 aromatic rings. The molecule has 0 atom stereocenters. The number of phenols is 1. The minimum Gasteiger partial charge on any atom is -0.508 e. The number of anilines is 1. The van der Waals surface area contributed by atoms with Crippen LogP contribution in [0.1, 0.15) is 28.7 Å². The Kier molecular flexibility index (Phi) is 3.55. The van der Waals surface area contributed by atoms with Crippen molar-refractivity contribution in [2.45, 2.75) is 20.8 Å². The number of aryl methyl sites for hydroxylation is 2. The lowest BCUT2D eigenvalue weighted by molar-refractivity contribution is 0.0979. The molecule has 0 spiro atoms. The third-order valence-corrected chi connectivity index (χ3v) is 2.89. The van der Waals surface area contributed by atoms with Crippen LogP contribution < -0.4 is 4.90 Å². The van der Waals surface area contributed by atoms with Gasteiger partial charge in [-0.05, 0) is 32.4 Å². The smallest absolute Gasteiger partial charge is 0.280 e. The van der Waals surface area contributed by atoms with Crippen molar-refractivity contribution in [2.24, 2.45) is 0 Å². The zero-order valence-corrected chi connectivity index (χ0v) is 11.2. The fourth-order valence-electron chi connectivity index (χ4n) is 1.92. The summed E-state index contributed by atoms with van der Waals surface area (Å²) in [7, 11) is 0. The number of aromatic hydroxyl groups is 1. The molecule has 100 valence electrons. The number of rotatable bonds is 3. The van der Waals surface area contributed by atoms with Crippen LogP contribution in [0, 0.1) is 13.8 Å². The van der Waals surface area contributed by atoms with E-state index in [0.29, 0.717) is 18.0 Å². The van der Waals surface area contributed by atoms with Crippen LogP contribution in [0.5, 0.6) is 5.75 Å². The summed E-state index contributed by atoms with van der Waals surface area (Å²) in [6.45, 7) is 5.97. The Morgan fingerprint density at radius 1 is 1.37 bits per heavy atom. The van der Waals surface area contributed by atoms with Crippen molar-refractivity contribution in [3.8, 4) is 5.75 Å². The normalized spacial score (nSPS) is 10.5. The molecule has 0 saturated carbocycles. The lowest BCUT2D eigenvalue weighted by atomic mass is 10.1. The van der Waals surface area contributed by atoms with Gasteiger partial charge in [-0.2, -0.15) is 0 Å². The van der Waals surface area contributed by atoms with E-state index in [9.17, 15) is 9.90 Å². The van der Waals surface area contributed by atoms with Gasteiger partial charge in [0.05, 0.1) is 5.69 Å². The first-order chi connectivity index (χ1) is 9.02. The van der Waals surface area contributed by atoms with Crippen LogP contribution in [-0.4, -0.2) is 22.7 Å². The number of carbonyl (C=O) groups is 1. The molecule has 0 unspecified atom stereocenters. The summed E-state index contributed by atoms with van der Waals surface area (Å²) in [5, 5.41) is 13.3. The van der Waals surface area contributed by atoms with Crippen LogP contribution in [0.4, 0.5) is 5.69 Å². The molecule has 0 aliphatic carbocycles. The Balaban J connectivity index is 2.39. The Labute approximate surface area is 111 Å². The predicted octanol–water partition coefficient (Wildman–Crippen LogP) is 2.66. The molecule has 1 heterocycles. The molecule has 1 N–H and O–H groups in total. The fourth-order valence-corrected chi connectivity index (χ4v) is 1.92. The predicted molar refractivity (Wildman–Crippen MR) is 71.4 cm³/mol. The van der Waals surface area contributed by atoms with E-state index < -0.39 is 0 Å². The summed E-state index contributed by atoms with van der Waals surface area (Å²) in [6, 6.07) is 6.54. The largest absolute Gasteiger partial charge is 0.508 e. The van der Waals surface area contributed by atoms with Crippen molar-refractivity contribution >= 4 is 11.6 Å². The Morgan fingerprint density at radius 2 is 2.11 bits per heavy atom. The molecule has 19 heavy (non-hydrogen) atoms. The molecule has 0 aliphatic heterocycles. The van der Waals surface area contributed by atoms with Gasteiger partial charge in [-0.1, -0.05) is 11.2 Å². The van der Waals surface area contributed by atoms with Gasteiger partial charge >= 0.3 is 0 Å². The molecule has 5 heteroatoms. The highest BCUT2D eigenvalue weighted by Gasteiger charge is 2.21. The average Bonchev–Trinajstić information content (AvgIpc) is 2.81. The fraction of sp³-hybridized carbons (Fsp3) is 0.286. The monoisotopic (exact) mass is 260 g/mol. The lowest BCUT2D eigenvalue weighted by Gasteiger charge is -2.22. The van der Waals surface area contributed by atoms with Crippen molar-refractivity contribution in [2.75, 3.05) is 11.4 Å². The summed E-state index contributed by atoms with van der Waals surface area (Å²) < 4.78 is 4.92. The van der Waals surface area contributed by atoms with Crippen molar-refractivity contribution in [3.63, 3.8) is 0 Å². The summed E-state index contributed by atoms with van der Waals surface area (Å²) in [5.74, 6) is 0.475. The van der Waals surface area contributed by atoms with E-state index in [1.165, 1.54) is 0 Å². The zero-order chi connectivity index (χ0) is 14.0. The first kappa shape index (κ1) is 13.1. The van der Waals surface area contributed by atoms with Gasteiger partial charge in [-0.25, -0.2) is 0 Å².